The van der Waals surface area contributed by atoms with Gasteiger partial charge in [-0.15, -0.1) is 0 Å². The fourth-order valence-electron chi connectivity index (χ4n) is 1.59. The lowest BCUT2D eigenvalue weighted by atomic mass is 10.2. The van der Waals surface area contributed by atoms with Crippen LogP contribution < -0.4 is 10.1 Å². The molecule has 0 saturated carbocycles. The minimum Gasteiger partial charge on any atom is -0.488 e. The molecule has 0 atom stereocenters. The topological polar surface area (TPSA) is 21.3 Å². The van der Waals surface area contributed by atoms with E-state index < -0.39 is 0 Å². The molecule has 1 aromatic heterocycles. The molecule has 21 heavy (non-hydrogen) atoms. The van der Waals surface area contributed by atoms with Crippen molar-refractivity contribution in [3.63, 3.8) is 0 Å². The van der Waals surface area contributed by atoms with Gasteiger partial charge >= 0.3 is 0 Å². The van der Waals surface area contributed by atoms with Gasteiger partial charge in [0, 0.05) is 22.7 Å². The maximum absolute atomic E-state index is 6.14. The van der Waals surface area contributed by atoms with Gasteiger partial charge in [0.05, 0.1) is 5.02 Å². The minimum atomic E-state index is 0.500. The van der Waals surface area contributed by atoms with E-state index in [0.717, 1.165) is 11.3 Å². The molecule has 0 unspecified atom stereocenters. The van der Waals surface area contributed by atoms with Crippen LogP contribution in [0.3, 0.4) is 0 Å². The molecule has 0 saturated heterocycles. The summed E-state index contributed by atoms with van der Waals surface area (Å²) in [7, 11) is 0. The van der Waals surface area contributed by atoms with Crippen LogP contribution in [-0.4, -0.2) is 11.6 Å². The highest BCUT2D eigenvalue weighted by Crippen LogP contribution is 2.28. The van der Waals surface area contributed by atoms with Crippen molar-refractivity contribution in [3.8, 4) is 5.75 Å². The zero-order valence-corrected chi connectivity index (χ0v) is 14.2. The zero-order chi connectivity index (χ0) is 15.2. The fourth-order valence-corrected chi connectivity index (χ4v) is 2.73. The third-order valence-corrected chi connectivity index (χ3v) is 4.04. The molecule has 1 aromatic carbocycles. The number of thiocarbonyl (C=S) groups is 1. The second-order valence-corrected chi connectivity index (χ2v) is 6.30. The number of hydrogen-bond donors (Lipinski definition) is 1. The number of nitrogens with one attached hydrogen (secondary N) is 1. The lowest BCUT2D eigenvalue weighted by Crippen LogP contribution is -2.09. The second-order valence-electron chi connectivity index (χ2n) is 4.70. The highest BCUT2D eigenvalue weighted by atomic mass is 35.5. The van der Waals surface area contributed by atoms with E-state index in [9.17, 15) is 0 Å². The van der Waals surface area contributed by atoms with E-state index >= 15 is 0 Å². The smallest absolute Gasteiger partial charge is 0.140 e. The Balaban J connectivity index is 2.07. The standard InChI is InChI=1S/C16H16ClNOS2/c1-11(2)5-7-19-15-9-13(3-4-14(15)17)18-16(20)12-6-8-21-10-12/h3-6,8-10H,7H2,1-2H3,(H,18,20). The molecule has 1 N–H and O–H groups in total. The monoisotopic (exact) mass is 337 g/mol. The Morgan fingerprint density at radius 3 is 2.86 bits per heavy atom. The quantitative estimate of drug-likeness (QED) is 0.572. The van der Waals surface area contributed by atoms with Gasteiger partial charge in [0.2, 0.25) is 0 Å². The van der Waals surface area contributed by atoms with Gasteiger partial charge in [-0.25, -0.2) is 0 Å². The van der Waals surface area contributed by atoms with Crippen molar-refractivity contribution in [1.29, 1.82) is 0 Å². The Hall–Kier alpha value is -1.36. The molecule has 0 aliphatic heterocycles. The molecule has 0 spiro atoms. The fraction of sp³-hybridized carbons (Fsp3) is 0.188. The van der Waals surface area contributed by atoms with Crippen LogP contribution in [0, 0.1) is 0 Å². The summed E-state index contributed by atoms with van der Waals surface area (Å²) in [6.07, 6.45) is 2.01. The van der Waals surface area contributed by atoms with E-state index in [4.69, 9.17) is 28.6 Å². The summed E-state index contributed by atoms with van der Waals surface area (Å²) in [5.74, 6) is 0.646. The molecular formula is C16H16ClNOS2. The van der Waals surface area contributed by atoms with Gasteiger partial charge < -0.3 is 10.1 Å². The Bertz CT molecular complexity index is 646. The summed E-state index contributed by atoms with van der Waals surface area (Å²) >= 11 is 13.1. The van der Waals surface area contributed by atoms with Crippen molar-refractivity contribution in [1.82, 2.24) is 0 Å². The van der Waals surface area contributed by atoms with E-state index in [1.807, 2.05) is 48.9 Å². The summed E-state index contributed by atoms with van der Waals surface area (Å²) in [6.45, 7) is 4.56. The van der Waals surface area contributed by atoms with E-state index in [1.165, 1.54) is 5.57 Å². The first-order chi connectivity index (χ1) is 10.1. The van der Waals surface area contributed by atoms with Crippen LogP contribution in [-0.2, 0) is 0 Å². The molecule has 2 rings (SSSR count). The molecule has 0 radical (unpaired) electrons. The molecule has 0 bridgehead atoms. The predicted molar refractivity (Wildman–Crippen MR) is 96.0 cm³/mol. The van der Waals surface area contributed by atoms with Crippen molar-refractivity contribution < 1.29 is 4.74 Å². The largest absolute Gasteiger partial charge is 0.488 e. The summed E-state index contributed by atoms with van der Waals surface area (Å²) in [5, 5.41) is 7.79. The number of hydrogen-bond acceptors (Lipinski definition) is 3. The SMILES string of the molecule is CC(C)=CCOc1cc(NC(=S)c2ccsc2)ccc1Cl. The molecule has 2 nitrogen and oxygen atoms in total. The van der Waals surface area contributed by atoms with E-state index in [0.29, 0.717) is 22.4 Å². The molecule has 0 amide bonds. The summed E-state index contributed by atoms with van der Waals surface area (Å²) in [6, 6.07) is 7.54. The average molecular weight is 338 g/mol. The van der Waals surface area contributed by atoms with Crippen LogP contribution in [0.5, 0.6) is 5.75 Å². The number of anilines is 1. The van der Waals surface area contributed by atoms with Gasteiger partial charge in [-0.3, -0.25) is 0 Å². The molecule has 1 heterocycles. The lowest BCUT2D eigenvalue weighted by Gasteiger charge is -2.11. The number of rotatable bonds is 5. The summed E-state index contributed by atoms with van der Waals surface area (Å²) < 4.78 is 5.67. The molecule has 0 fully saturated rings. The number of thiophene rings is 1. The van der Waals surface area contributed by atoms with Crippen LogP contribution >= 0.6 is 35.2 Å². The number of benzene rings is 1. The lowest BCUT2D eigenvalue weighted by molar-refractivity contribution is 0.362. The molecular weight excluding hydrogens is 322 g/mol. The van der Waals surface area contributed by atoms with E-state index in [1.54, 1.807) is 17.4 Å². The third-order valence-electron chi connectivity index (χ3n) is 2.70. The van der Waals surface area contributed by atoms with Crippen molar-refractivity contribution in [2.24, 2.45) is 0 Å². The molecule has 5 heteroatoms. The highest BCUT2D eigenvalue weighted by molar-refractivity contribution is 7.81. The molecule has 110 valence electrons. The maximum atomic E-state index is 6.14. The van der Waals surface area contributed by atoms with Gasteiger partial charge in [0.25, 0.3) is 0 Å². The van der Waals surface area contributed by atoms with Crippen LogP contribution in [0.15, 0.2) is 46.7 Å². The minimum absolute atomic E-state index is 0.500. The van der Waals surface area contributed by atoms with Gasteiger partial charge in [-0.05, 0) is 43.5 Å². The first kappa shape index (κ1) is 16.0. The van der Waals surface area contributed by atoms with Crippen molar-refractivity contribution in [3.05, 3.63) is 57.3 Å². The van der Waals surface area contributed by atoms with Crippen molar-refractivity contribution >= 4 is 45.8 Å². The van der Waals surface area contributed by atoms with E-state index in [-0.39, 0.29) is 0 Å². The molecule has 0 aliphatic carbocycles. The van der Waals surface area contributed by atoms with E-state index in [2.05, 4.69) is 5.32 Å². The summed E-state index contributed by atoms with van der Waals surface area (Å²) in [4.78, 5) is 0.689. The Labute approximate surface area is 139 Å². The van der Waals surface area contributed by atoms with Crippen LogP contribution in [0.25, 0.3) is 0 Å². The Kier molecular flexibility index (Phi) is 5.79. The normalized spacial score (nSPS) is 10.0. The van der Waals surface area contributed by atoms with Crippen LogP contribution in [0.1, 0.15) is 19.4 Å². The second kappa shape index (κ2) is 7.59. The zero-order valence-electron chi connectivity index (χ0n) is 11.9. The molecule has 2 aromatic rings. The molecule has 0 aliphatic rings. The van der Waals surface area contributed by atoms with Gasteiger partial charge in [-0.1, -0.05) is 29.4 Å². The van der Waals surface area contributed by atoms with Crippen LogP contribution in [0.4, 0.5) is 5.69 Å². The Morgan fingerprint density at radius 2 is 2.19 bits per heavy atom. The number of ether oxygens (including phenoxy) is 1. The van der Waals surface area contributed by atoms with Gasteiger partial charge in [-0.2, -0.15) is 11.3 Å². The maximum Gasteiger partial charge on any atom is 0.140 e. The number of allylic oxidation sites excluding steroid dienone is 1. The van der Waals surface area contributed by atoms with Gasteiger partial charge in [0.15, 0.2) is 0 Å². The van der Waals surface area contributed by atoms with Crippen LogP contribution in [0.2, 0.25) is 5.02 Å². The average Bonchev–Trinajstić information content (AvgIpc) is 2.96. The first-order valence-corrected chi connectivity index (χ1v) is 8.18. The van der Waals surface area contributed by atoms with Gasteiger partial charge in [0.1, 0.15) is 17.3 Å². The summed E-state index contributed by atoms with van der Waals surface area (Å²) in [5.41, 5.74) is 3.08. The van der Waals surface area contributed by atoms with Crippen molar-refractivity contribution in [2.75, 3.05) is 11.9 Å². The third kappa shape index (κ3) is 4.84. The Morgan fingerprint density at radius 1 is 1.38 bits per heavy atom. The first-order valence-electron chi connectivity index (χ1n) is 6.45. The predicted octanol–water partition coefficient (Wildman–Crippen LogP) is 5.53. The number of halogens is 1. The van der Waals surface area contributed by atoms with Crippen molar-refractivity contribution in [2.45, 2.75) is 13.8 Å². The highest BCUT2D eigenvalue weighted by Gasteiger charge is 2.06.